The van der Waals surface area contributed by atoms with Crippen LogP contribution >= 0.6 is 0 Å². The molecule has 0 heterocycles. The van der Waals surface area contributed by atoms with E-state index in [0.717, 1.165) is 0 Å². The molecule has 5 N–H and O–H groups in total. The zero-order valence-corrected chi connectivity index (χ0v) is 5.50. The molecule has 60 valence electrons. The van der Waals surface area contributed by atoms with Crippen LogP contribution in [0.4, 0.5) is 0 Å². The number of carboxylic acids is 1. The van der Waals surface area contributed by atoms with Crippen molar-refractivity contribution in [3.8, 4) is 0 Å². The second-order valence-electron chi connectivity index (χ2n) is 1.80. The maximum absolute atomic E-state index is 10.3. The van der Waals surface area contributed by atoms with Crippen molar-refractivity contribution >= 4 is 5.97 Å². The van der Waals surface area contributed by atoms with Gasteiger partial charge in [0.25, 0.3) is 0 Å². The molecule has 0 rings (SSSR count). The largest absolute Gasteiger partial charge is 0.480 e. The molecule has 0 aliphatic carbocycles. The van der Waals surface area contributed by atoms with E-state index in [1.165, 1.54) is 0 Å². The Morgan fingerprint density at radius 2 is 2.40 bits per heavy atom. The van der Waals surface area contributed by atoms with Gasteiger partial charge in [0, 0.05) is 5.48 Å². The third kappa shape index (κ3) is 4.29. The van der Waals surface area contributed by atoms with Crippen LogP contribution < -0.4 is 11.5 Å². The summed E-state index contributed by atoms with van der Waals surface area (Å²) < 4.78 is 28.4. The summed E-state index contributed by atoms with van der Waals surface area (Å²) in [6.07, 6.45) is -2.76. The second-order valence-corrected chi connectivity index (χ2v) is 1.80. The summed E-state index contributed by atoms with van der Waals surface area (Å²) >= 11 is 0. The molecule has 4 nitrogen and oxygen atoms in total. The fourth-order valence-electron chi connectivity index (χ4n) is 0.423. The predicted molar refractivity (Wildman–Crippen MR) is 38.5 cm³/mol. The highest BCUT2D eigenvalue weighted by Crippen LogP contribution is 1.96. The lowest BCUT2D eigenvalue weighted by Crippen LogP contribution is -2.29. The molecule has 1 atom stereocenters. The first-order valence-corrected chi connectivity index (χ1v) is 2.85. The highest BCUT2D eigenvalue weighted by atomic mass is 16.4. The molecule has 10 heavy (non-hydrogen) atoms. The van der Waals surface area contributed by atoms with Gasteiger partial charge in [0.15, 0.2) is 0 Å². The number of nitrogens with two attached hydrogens (primary N) is 2. The van der Waals surface area contributed by atoms with Crippen LogP contribution in [0, 0.1) is 0 Å². The van der Waals surface area contributed by atoms with Crippen LogP contribution in [0.3, 0.4) is 0 Å². The summed E-state index contributed by atoms with van der Waals surface area (Å²) in [4.78, 5) is 10.3. The van der Waals surface area contributed by atoms with Gasteiger partial charge < -0.3 is 16.6 Å². The molecule has 0 spiro atoms. The normalized spacial score (nSPS) is 21.8. The van der Waals surface area contributed by atoms with Crippen molar-refractivity contribution in [3.63, 3.8) is 0 Å². The first kappa shape index (κ1) is 4.31. The highest BCUT2D eigenvalue weighted by molar-refractivity contribution is 5.72. The summed E-state index contributed by atoms with van der Waals surface area (Å²) in [6.45, 7) is -2.49. The number of carboxylic acid groups (broad SMARTS) is 1. The van der Waals surface area contributed by atoms with Crippen LogP contribution in [0.25, 0.3) is 0 Å². The Bertz CT molecular complexity index is 216. The number of hydrogen-bond acceptors (Lipinski definition) is 3. The summed E-state index contributed by atoms with van der Waals surface area (Å²) in [5.74, 6) is -1.24. The minimum absolute atomic E-state index is 0.154. The predicted octanol–water partition coefficient (Wildman–Crippen LogP) is -0.473. The van der Waals surface area contributed by atoms with Crippen molar-refractivity contribution in [2.45, 2.75) is 25.3 Å². The molecule has 4 heteroatoms. The first-order chi connectivity index (χ1) is 6.08. The third-order valence-corrected chi connectivity index (χ3v) is 1.000. The monoisotopic (exact) mass is 150 g/mol. The Balaban J connectivity index is 4.20. The Kier molecular flexibility index (Phi) is 2.24. The first-order valence-electron chi connectivity index (χ1n) is 4.85. The van der Waals surface area contributed by atoms with Gasteiger partial charge in [-0.05, 0) is 19.3 Å². The van der Waals surface area contributed by atoms with Crippen molar-refractivity contribution in [3.05, 3.63) is 0 Å². The minimum atomic E-state index is -2.49. The summed E-state index contributed by atoms with van der Waals surface area (Å²) in [7, 11) is 0. The molecule has 0 bridgehead atoms. The standard InChI is InChI=1S/C6H14N2O2/c7-4-2-1-3-5(8)6(9)10/h5H,1-4,7-8H2,(H,9,10)/i2D2,4D2. The van der Waals surface area contributed by atoms with E-state index in [1.54, 1.807) is 0 Å². The van der Waals surface area contributed by atoms with Gasteiger partial charge in [0.05, 0.1) is 0 Å². The van der Waals surface area contributed by atoms with Crippen LogP contribution in [0.1, 0.15) is 24.7 Å². The van der Waals surface area contributed by atoms with E-state index in [4.69, 9.17) is 22.1 Å². The molecule has 0 radical (unpaired) electrons. The molecule has 1 unspecified atom stereocenters. The van der Waals surface area contributed by atoms with Crippen LogP contribution in [0.15, 0.2) is 0 Å². The van der Waals surface area contributed by atoms with Crippen molar-refractivity contribution in [2.24, 2.45) is 11.5 Å². The maximum Gasteiger partial charge on any atom is 0.320 e. The average molecular weight is 150 g/mol. The zero-order valence-electron chi connectivity index (χ0n) is 9.50. The van der Waals surface area contributed by atoms with Gasteiger partial charge in [0.2, 0.25) is 0 Å². The van der Waals surface area contributed by atoms with Gasteiger partial charge in [0.1, 0.15) is 6.04 Å². The van der Waals surface area contributed by atoms with E-state index in [9.17, 15) is 4.79 Å². The van der Waals surface area contributed by atoms with Gasteiger partial charge in [-0.25, -0.2) is 0 Å². The summed E-state index contributed by atoms with van der Waals surface area (Å²) in [6, 6.07) is -1.19. The van der Waals surface area contributed by atoms with Crippen LogP contribution in [-0.2, 0) is 4.79 Å². The van der Waals surface area contributed by atoms with E-state index >= 15 is 0 Å². The molecule has 0 fully saturated rings. The van der Waals surface area contributed by atoms with E-state index in [0.29, 0.717) is 0 Å². The molecule has 0 aliphatic rings. The summed E-state index contributed by atoms with van der Waals surface area (Å²) in [5, 5.41) is 8.41. The number of hydrogen-bond donors (Lipinski definition) is 3. The molecule has 0 aromatic carbocycles. The lowest BCUT2D eigenvalue weighted by Gasteiger charge is -2.03. The van der Waals surface area contributed by atoms with Gasteiger partial charge in [-0.15, -0.1) is 0 Å². The molecule has 0 aliphatic heterocycles. The SMILES string of the molecule is [2H]C([2H])(N)C([2H])([2H])CCC(N)C(=O)O. The van der Waals surface area contributed by atoms with Gasteiger partial charge in [-0.2, -0.15) is 0 Å². The quantitative estimate of drug-likeness (QED) is 0.494. The number of aliphatic carboxylic acids is 1. The molecule has 0 amide bonds. The molecule has 0 saturated carbocycles. The molecule has 0 aromatic heterocycles. The summed E-state index contributed by atoms with van der Waals surface area (Å²) in [5.41, 5.74) is 10.1. The van der Waals surface area contributed by atoms with Crippen molar-refractivity contribution in [1.82, 2.24) is 0 Å². The van der Waals surface area contributed by atoms with Gasteiger partial charge in [-0.3, -0.25) is 4.79 Å². The fourth-order valence-corrected chi connectivity index (χ4v) is 0.423. The van der Waals surface area contributed by atoms with E-state index < -0.39 is 24.9 Å². The second kappa shape index (κ2) is 5.20. The fraction of sp³-hybridized carbons (Fsp3) is 0.833. The van der Waals surface area contributed by atoms with E-state index in [2.05, 4.69) is 0 Å². The zero-order chi connectivity index (χ0) is 11.6. The lowest BCUT2D eigenvalue weighted by molar-refractivity contribution is -0.138. The number of rotatable bonds is 5. The Morgan fingerprint density at radius 3 is 2.80 bits per heavy atom. The van der Waals surface area contributed by atoms with Crippen molar-refractivity contribution in [1.29, 1.82) is 0 Å². The van der Waals surface area contributed by atoms with Crippen molar-refractivity contribution < 1.29 is 15.4 Å². The topological polar surface area (TPSA) is 89.3 Å². The van der Waals surface area contributed by atoms with Gasteiger partial charge in [-0.1, -0.05) is 6.42 Å². The Hall–Kier alpha value is -0.610. The van der Waals surface area contributed by atoms with Crippen molar-refractivity contribution in [2.75, 3.05) is 6.50 Å². The molecule has 0 saturated heterocycles. The Morgan fingerprint density at radius 1 is 1.80 bits per heavy atom. The molecular weight excluding hydrogens is 132 g/mol. The number of carbonyl (C=O) groups is 1. The maximum atomic E-state index is 10.3. The average Bonchev–Trinajstić information content (AvgIpc) is 1.97. The van der Waals surface area contributed by atoms with Crippen LogP contribution in [0.2, 0.25) is 0 Å². The van der Waals surface area contributed by atoms with E-state index in [-0.39, 0.29) is 12.8 Å². The van der Waals surface area contributed by atoms with Crippen LogP contribution in [0.5, 0.6) is 0 Å². The third-order valence-electron chi connectivity index (χ3n) is 1.000. The Labute approximate surface area is 65.8 Å². The highest BCUT2D eigenvalue weighted by Gasteiger charge is 2.09. The van der Waals surface area contributed by atoms with Gasteiger partial charge >= 0.3 is 5.97 Å². The smallest absolute Gasteiger partial charge is 0.320 e. The van der Waals surface area contributed by atoms with E-state index in [1.807, 2.05) is 0 Å². The lowest BCUT2D eigenvalue weighted by atomic mass is 10.1. The van der Waals surface area contributed by atoms with Crippen LogP contribution in [-0.4, -0.2) is 23.6 Å². The minimum Gasteiger partial charge on any atom is -0.480 e. The molecular formula is C6H14N2O2. The molecule has 0 aromatic rings.